The molecular weight excluding hydrogens is 196 g/mol. The Bertz CT molecular complexity index is 331. The van der Waals surface area contributed by atoms with Crippen molar-refractivity contribution < 1.29 is 5.11 Å². The summed E-state index contributed by atoms with van der Waals surface area (Å²) < 4.78 is 0. The molecule has 0 amide bonds. The Hall–Kier alpha value is -0.530. The minimum atomic E-state index is 0.195. The summed E-state index contributed by atoms with van der Waals surface area (Å²) in [5.74, 6) is 0.844. The average molecular weight is 211 g/mol. The molecular formula is C12H15ClO. The van der Waals surface area contributed by atoms with Gasteiger partial charge in [0.25, 0.3) is 0 Å². The van der Waals surface area contributed by atoms with E-state index in [1.165, 1.54) is 24.0 Å². The lowest BCUT2D eigenvalue weighted by Gasteiger charge is -2.15. The lowest BCUT2D eigenvalue weighted by Crippen LogP contribution is -2.03. The molecule has 1 unspecified atom stereocenters. The SMILES string of the molecule is CC(CO)c1cccc(Cl)c1C1CC1. The molecule has 0 aliphatic heterocycles. The van der Waals surface area contributed by atoms with Crippen molar-refractivity contribution in [3.8, 4) is 0 Å². The van der Waals surface area contributed by atoms with Crippen molar-refractivity contribution in [2.45, 2.75) is 31.6 Å². The predicted molar refractivity (Wildman–Crippen MR) is 58.9 cm³/mol. The minimum Gasteiger partial charge on any atom is -0.396 e. The van der Waals surface area contributed by atoms with Crippen LogP contribution in [0.15, 0.2) is 18.2 Å². The van der Waals surface area contributed by atoms with Crippen LogP contribution in [-0.4, -0.2) is 11.7 Å². The van der Waals surface area contributed by atoms with Gasteiger partial charge in [0.05, 0.1) is 0 Å². The first-order valence-electron chi connectivity index (χ1n) is 5.13. The molecule has 1 fully saturated rings. The highest BCUT2D eigenvalue weighted by atomic mass is 35.5. The van der Waals surface area contributed by atoms with E-state index in [1.54, 1.807) is 0 Å². The Morgan fingerprint density at radius 2 is 2.21 bits per heavy atom. The van der Waals surface area contributed by atoms with E-state index >= 15 is 0 Å². The molecule has 1 aliphatic rings. The van der Waals surface area contributed by atoms with Gasteiger partial charge in [0.15, 0.2) is 0 Å². The molecule has 1 saturated carbocycles. The third kappa shape index (κ3) is 1.79. The van der Waals surface area contributed by atoms with Crippen molar-refractivity contribution in [3.05, 3.63) is 34.3 Å². The van der Waals surface area contributed by atoms with E-state index in [4.69, 9.17) is 16.7 Å². The van der Waals surface area contributed by atoms with Crippen LogP contribution in [0.1, 0.15) is 42.7 Å². The molecule has 2 rings (SSSR count). The molecule has 0 heterocycles. The fourth-order valence-corrected chi connectivity index (χ4v) is 2.22. The Kier molecular flexibility index (Phi) is 2.80. The number of halogens is 1. The maximum absolute atomic E-state index is 9.16. The van der Waals surface area contributed by atoms with Crippen LogP contribution < -0.4 is 0 Å². The van der Waals surface area contributed by atoms with Crippen LogP contribution in [0.25, 0.3) is 0 Å². The van der Waals surface area contributed by atoms with Gasteiger partial charge in [0.1, 0.15) is 0 Å². The number of aliphatic hydroxyl groups is 1. The number of aliphatic hydroxyl groups excluding tert-OH is 1. The zero-order valence-corrected chi connectivity index (χ0v) is 9.09. The summed E-state index contributed by atoms with van der Waals surface area (Å²) in [5.41, 5.74) is 2.50. The first-order valence-corrected chi connectivity index (χ1v) is 5.51. The molecule has 1 N–H and O–H groups in total. The number of hydrogen-bond acceptors (Lipinski definition) is 1. The number of rotatable bonds is 3. The van der Waals surface area contributed by atoms with Crippen molar-refractivity contribution in [2.75, 3.05) is 6.61 Å². The van der Waals surface area contributed by atoms with Gasteiger partial charge in [-0.2, -0.15) is 0 Å². The van der Waals surface area contributed by atoms with Crippen molar-refractivity contribution in [2.24, 2.45) is 0 Å². The van der Waals surface area contributed by atoms with E-state index in [9.17, 15) is 0 Å². The molecule has 0 spiro atoms. The highest BCUT2D eigenvalue weighted by Gasteiger charge is 2.29. The van der Waals surface area contributed by atoms with Crippen LogP contribution in [0.4, 0.5) is 0 Å². The molecule has 1 nitrogen and oxygen atoms in total. The lowest BCUT2D eigenvalue weighted by molar-refractivity contribution is 0.272. The zero-order valence-electron chi connectivity index (χ0n) is 8.33. The maximum Gasteiger partial charge on any atom is 0.0497 e. The fraction of sp³-hybridized carbons (Fsp3) is 0.500. The van der Waals surface area contributed by atoms with Gasteiger partial charge < -0.3 is 5.11 Å². The third-order valence-electron chi connectivity index (χ3n) is 2.88. The summed E-state index contributed by atoms with van der Waals surface area (Å²) in [6.45, 7) is 2.23. The second-order valence-electron chi connectivity index (χ2n) is 4.10. The van der Waals surface area contributed by atoms with Crippen LogP contribution in [0, 0.1) is 0 Å². The molecule has 0 aromatic heterocycles. The minimum absolute atomic E-state index is 0.195. The first-order chi connectivity index (χ1) is 6.74. The first kappa shape index (κ1) is 10.0. The Labute approximate surface area is 89.7 Å². The lowest BCUT2D eigenvalue weighted by atomic mass is 9.94. The van der Waals surface area contributed by atoms with Crippen LogP contribution in [0.3, 0.4) is 0 Å². The van der Waals surface area contributed by atoms with Gasteiger partial charge in [-0.3, -0.25) is 0 Å². The smallest absolute Gasteiger partial charge is 0.0497 e. The van der Waals surface area contributed by atoms with Gasteiger partial charge in [0.2, 0.25) is 0 Å². The maximum atomic E-state index is 9.16. The third-order valence-corrected chi connectivity index (χ3v) is 3.21. The quantitative estimate of drug-likeness (QED) is 0.812. The number of benzene rings is 1. The molecule has 2 heteroatoms. The second-order valence-corrected chi connectivity index (χ2v) is 4.51. The monoisotopic (exact) mass is 210 g/mol. The summed E-state index contributed by atoms with van der Waals surface area (Å²) in [4.78, 5) is 0. The Morgan fingerprint density at radius 3 is 2.79 bits per heavy atom. The van der Waals surface area contributed by atoms with Crippen LogP contribution in [0.2, 0.25) is 5.02 Å². The Balaban J connectivity index is 2.41. The molecule has 1 atom stereocenters. The van der Waals surface area contributed by atoms with Crippen LogP contribution in [-0.2, 0) is 0 Å². The van der Waals surface area contributed by atoms with Crippen molar-refractivity contribution in [1.29, 1.82) is 0 Å². The Morgan fingerprint density at radius 1 is 1.50 bits per heavy atom. The van der Waals surface area contributed by atoms with E-state index in [-0.39, 0.29) is 12.5 Å². The second kappa shape index (κ2) is 3.92. The van der Waals surface area contributed by atoms with Gasteiger partial charge in [-0.05, 0) is 36.0 Å². The summed E-state index contributed by atoms with van der Waals surface area (Å²) >= 11 is 6.18. The van der Waals surface area contributed by atoms with Crippen molar-refractivity contribution >= 4 is 11.6 Å². The van der Waals surface area contributed by atoms with Gasteiger partial charge in [-0.15, -0.1) is 0 Å². The summed E-state index contributed by atoms with van der Waals surface area (Å²) in [6.07, 6.45) is 2.49. The van der Waals surface area contributed by atoms with Gasteiger partial charge in [0, 0.05) is 17.5 Å². The largest absolute Gasteiger partial charge is 0.396 e. The van der Waals surface area contributed by atoms with E-state index in [0.29, 0.717) is 5.92 Å². The summed E-state index contributed by atoms with van der Waals surface area (Å²) in [7, 11) is 0. The summed E-state index contributed by atoms with van der Waals surface area (Å²) in [5, 5.41) is 10.0. The van der Waals surface area contributed by atoms with E-state index in [1.807, 2.05) is 19.1 Å². The molecule has 76 valence electrons. The molecule has 1 aliphatic carbocycles. The van der Waals surface area contributed by atoms with Crippen LogP contribution >= 0.6 is 11.6 Å². The summed E-state index contributed by atoms with van der Waals surface area (Å²) in [6, 6.07) is 6.00. The molecule has 0 radical (unpaired) electrons. The van der Waals surface area contributed by atoms with Gasteiger partial charge >= 0.3 is 0 Å². The normalized spacial score (nSPS) is 18.2. The molecule has 14 heavy (non-hydrogen) atoms. The number of hydrogen-bond donors (Lipinski definition) is 1. The topological polar surface area (TPSA) is 20.2 Å². The van der Waals surface area contributed by atoms with Crippen LogP contribution in [0.5, 0.6) is 0 Å². The molecule has 1 aromatic carbocycles. The fourth-order valence-electron chi connectivity index (χ4n) is 1.88. The van der Waals surface area contributed by atoms with Gasteiger partial charge in [-0.1, -0.05) is 30.7 Å². The molecule has 0 bridgehead atoms. The van der Waals surface area contributed by atoms with E-state index in [0.717, 1.165) is 5.02 Å². The van der Waals surface area contributed by atoms with E-state index < -0.39 is 0 Å². The standard InChI is InChI=1S/C12H15ClO/c1-8(7-14)10-3-2-4-11(13)12(10)9-5-6-9/h2-4,8-9,14H,5-7H2,1H3. The van der Waals surface area contributed by atoms with Crippen molar-refractivity contribution in [3.63, 3.8) is 0 Å². The molecule has 0 saturated heterocycles. The highest BCUT2D eigenvalue weighted by molar-refractivity contribution is 6.31. The average Bonchev–Trinajstić information content (AvgIpc) is 3.00. The van der Waals surface area contributed by atoms with Crippen molar-refractivity contribution in [1.82, 2.24) is 0 Å². The highest BCUT2D eigenvalue weighted by Crippen LogP contribution is 2.46. The molecule has 1 aromatic rings. The van der Waals surface area contributed by atoms with E-state index in [2.05, 4.69) is 6.07 Å². The zero-order chi connectivity index (χ0) is 10.1. The predicted octanol–water partition coefficient (Wildman–Crippen LogP) is 3.31. The van der Waals surface area contributed by atoms with Gasteiger partial charge in [-0.25, -0.2) is 0 Å².